The minimum Gasteiger partial charge on any atom is -0.488 e. The van der Waals surface area contributed by atoms with Crippen LogP contribution in [0.25, 0.3) is 10.9 Å². The van der Waals surface area contributed by atoms with Crippen molar-refractivity contribution in [2.75, 3.05) is 19.0 Å². The quantitative estimate of drug-likeness (QED) is 0.235. The molecule has 0 fully saturated rings. The highest BCUT2D eigenvalue weighted by Gasteiger charge is 2.11. The predicted octanol–water partition coefficient (Wildman–Crippen LogP) is 6.56. The van der Waals surface area contributed by atoms with Crippen molar-refractivity contribution < 1.29 is 4.74 Å². The Morgan fingerprint density at radius 2 is 1.89 bits per heavy atom. The van der Waals surface area contributed by atoms with Gasteiger partial charge in [0, 0.05) is 42.3 Å². The first-order valence-electron chi connectivity index (χ1n) is 10.9. The summed E-state index contributed by atoms with van der Waals surface area (Å²) in [5, 5.41) is 5.97. The highest BCUT2D eigenvalue weighted by molar-refractivity contribution is 9.10. The highest BCUT2D eigenvalue weighted by Crippen LogP contribution is 2.27. The van der Waals surface area contributed by atoms with E-state index >= 15 is 0 Å². The van der Waals surface area contributed by atoms with Gasteiger partial charge in [-0.25, -0.2) is 4.98 Å². The number of aryl methyl sites for hydroxylation is 1. The van der Waals surface area contributed by atoms with Crippen LogP contribution in [0.15, 0.2) is 69.0 Å². The summed E-state index contributed by atoms with van der Waals surface area (Å²) in [5.74, 6) is 1.19. The number of nitrogens with zero attached hydrogens (tertiary/aromatic N) is 4. The third-order valence-corrected chi connectivity index (χ3v) is 6.63. The summed E-state index contributed by atoms with van der Waals surface area (Å²) in [6.07, 6.45) is 2.18. The third kappa shape index (κ3) is 5.69. The van der Waals surface area contributed by atoms with Gasteiger partial charge in [-0.05, 0) is 48.0 Å². The second-order valence-corrected chi connectivity index (χ2v) is 9.79. The van der Waals surface area contributed by atoms with Crippen LogP contribution in [0, 0.1) is 0 Å². The second-order valence-electron chi connectivity index (χ2n) is 8.06. The maximum Gasteiger partial charge on any atom is 0.282 e. The van der Waals surface area contributed by atoms with Crippen molar-refractivity contribution in [2.24, 2.45) is 5.10 Å². The molecule has 1 heterocycles. The van der Waals surface area contributed by atoms with Crippen LogP contribution >= 0.6 is 39.1 Å². The van der Waals surface area contributed by atoms with Crippen molar-refractivity contribution in [3.05, 3.63) is 96.4 Å². The van der Waals surface area contributed by atoms with E-state index in [1.54, 1.807) is 24.4 Å². The maximum atomic E-state index is 13.2. The fourth-order valence-corrected chi connectivity index (χ4v) is 4.17. The molecule has 0 atom stereocenters. The van der Waals surface area contributed by atoms with Crippen molar-refractivity contribution in [1.29, 1.82) is 0 Å². The summed E-state index contributed by atoms with van der Waals surface area (Å²) in [4.78, 5) is 19.8. The van der Waals surface area contributed by atoms with Gasteiger partial charge in [0.25, 0.3) is 5.56 Å². The molecule has 0 aliphatic carbocycles. The molecule has 0 saturated carbocycles. The first kappa shape index (κ1) is 25.2. The topological polar surface area (TPSA) is 59.7 Å². The molecule has 1 aromatic heterocycles. The van der Waals surface area contributed by atoms with Crippen LogP contribution in [0.3, 0.4) is 0 Å². The lowest BCUT2D eigenvalue weighted by Gasteiger charge is -2.16. The molecular formula is C26H23BrCl2N4O2. The molecule has 3 aromatic carbocycles. The van der Waals surface area contributed by atoms with Crippen LogP contribution in [0.5, 0.6) is 5.75 Å². The summed E-state index contributed by atoms with van der Waals surface area (Å²) < 4.78 is 8.29. The lowest BCUT2D eigenvalue weighted by molar-refractivity contribution is 0.306. The van der Waals surface area contributed by atoms with Gasteiger partial charge in [0.15, 0.2) is 0 Å². The van der Waals surface area contributed by atoms with Gasteiger partial charge in [-0.15, -0.1) is 0 Å². The number of ether oxygens (including phenoxy) is 1. The van der Waals surface area contributed by atoms with Gasteiger partial charge in [-0.3, -0.25) is 4.79 Å². The Bertz CT molecular complexity index is 1480. The maximum absolute atomic E-state index is 13.2. The van der Waals surface area contributed by atoms with Crippen molar-refractivity contribution in [1.82, 2.24) is 9.66 Å². The van der Waals surface area contributed by atoms with E-state index in [9.17, 15) is 4.79 Å². The van der Waals surface area contributed by atoms with E-state index in [4.69, 9.17) is 27.9 Å². The zero-order valence-electron chi connectivity index (χ0n) is 19.4. The Morgan fingerprint density at radius 1 is 1.09 bits per heavy atom. The van der Waals surface area contributed by atoms with Gasteiger partial charge in [-0.2, -0.15) is 9.78 Å². The van der Waals surface area contributed by atoms with Crippen LogP contribution < -0.4 is 15.2 Å². The SMILES string of the molecule is CCc1nc2ccc(Br)cc2c(=O)n1N=Cc1ccc(N(C)C)cc1OCc1ccc(Cl)c(Cl)c1. The number of benzene rings is 3. The van der Waals surface area contributed by atoms with Gasteiger partial charge >= 0.3 is 0 Å². The fourth-order valence-electron chi connectivity index (χ4n) is 3.49. The van der Waals surface area contributed by atoms with E-state index in [0.29, 0.717) is 45.5 Å². The number of fused-ring (bicyclic) bond motifs is 1. The molecular weight excluding hydrogens is 551 g/mol. The van der Waals surface area contributed by atoms with Crippen LogP contribution in [-0.4, -0.2) is 30.0 Å². The Morgan fingerprint density at radius 3 is 2.60 bits per heavy atom. The van der Waals surface area contributed by atoms with Gasteiger partial charge in [0.2, 0.25) is 0 Å². The molecule has 0 amide bonds. The number of halogens is 3. The molecule has 4 aromatic rings. The zero-order valence-corrected chi connectivity index (χ0v) is 22.5. The summed E-state index contributed by atoms with van der Waals surface area (Å²) in [6.45, 7) is 2.23. The third-order valence-electron chi connectivity index (χ3n) is 5.40. The number of aromatic nitrogens is 2. The van der Waals surface area contributed by atoms with Gasteiger partial charge in [-0.1, -0.05) is 52.1 Å². The minimum atomic E-state index is -0.229. The number of rotatable bonds is 7. The molecule has 0 saturated heterocycles. The Labute approximate surface area is 221 Å². The van der Waals surface area contributed by atoms with E-state index in [1.165, 1.54) is 4.68 Å². The Balaban J connectivity index is 1.72. The van der Waals surface area contributed by atoms with E-state index < -0.39 is 0 Å². The van der Waals surface area contributed by atoms with E-state index in [2.05, 4.69) is 26.0 Å². The zero-order chi connectivity index (χ0) is 25.1. The van der Waals surface area contributed by atoms with Gasteiger partial charge < -0.3 is 9.64 Å². The van der Waals surface area contributed by atoms with Crippen LogP contribution in [-0.2, 0) is 13.0 Å². The van der Waals surface area contributed by atoms with Crippen LogP contribution in [0.2, 0.25) is 10.0 Å². The van der Waals surface area contributed by atoms with E-state index in [1.807, 2.05) is 62.3 Å². The van der Waals surface area contributed by atoms with E-state index in [0.717, 1.165) is 21.3 Å². The molecule has 9 heteroatoms. The second kappa shape index (κ2) is 10.8. The first-order chi connectivity index (χ1) is 16.8. The summed E-state index contributed by atoms with van der Waals surface area (Å²) >= 11 is 15.6. The molecule has 0 aliphatic heterocycles. The summed E-state index contributed by atoms with van der Waals surface area (Å²) in [7, 11) is 3.91. The monoisotopic (exact) mass is 572 g/mol. The summed E-state index contributed by atoms with van der Waals surface area (Å²) in [5.41, 5.74) is 2.98. The lowest BCUT2D eigenvalue weighted by atomic mass is 10.2. The molecule has 0 N–H and O–H groups in total. The summed E-state index contributed by atoms with van der Waals surface area (Å²) in [6, 6.07) is 16.6. The molecule has 0 bridgehead atoms. The molecule has 180 valence electrons. The van der Waals surface area contributed by atoms with E-state index in [-0.39, 0.29) is 5.56 Å². The minimum absolute atomic E-state index is 0.229. The highest BCUT2D eigenvalue weighted by atomic mass is 79.9. The smallest absolute Gasteiger partial charge is 0.282 e. The predicted molar refractivity (Wildman–Crippen MR) is 148 cm³/mol. The molecule has 4 rings (SSSR count). The molecule has 0 radical (unpaired) electrons. The largest absolute Gasteiger partial charge is 0.488 e. The first-order valence-corrected chi connectivity index (χ1v) is 12.5. The van der Waals surface area contributed by atoms with Crippen molar-refractivity contribution in [2.45, 2.75) is 20.0 Å². The molecule has 6 nitrogen and oxygen atoms in total. The molecule has 35 heavy (non-hydrogen) atoms. The number of hydrogen-bond donors (Lipinski definition) is 0. The number of hydrogen-bond acceptors (Lipinski definition) is 5. The lowest BCUT2D eigenvalue weighted by Crippen LogP contribution is -2.22. The van der Waals surface area contributed by atoms with Crippen molar-refractivity contribution in [3.63, 3.8) is 0 Å². The van der Waals surface area contributed by atoms with Crippen LogP contribution in [0.4, 0.5) is 5.69 Å². The normalized spacial score (nSPS) is 11.4. The van der Waals surface area contributed by atoms with Crippen molar-refractivity contribution >= 4 is 61.9 Å². The standard InChI is InChI=1S/C26H23BrCl2N4O2/c1-4-25-31-23-10-7-18(27)12-20(23)26(34)33(25)30-14-17-6-8-19(32(2)3)13-24(17)35-15-16-5-9-21(28)22(29)11-16/h5-14H,4,15H2,1-3H3. The fraction of sp³-hybridized carbons (Fsp3) is 0.192. The van der Waals surface area contributed by atoms with Gasteiger partial charge in [0.1, 0.15) is 18.2 Å². The Kier molecular flexibility index (Phi) is 7.79. The van der Waals surface area contributed by atoms with Gasteiger partial charge in [0.05, 0.1) is 27.2 Å². The average Bonchev–Trinajstić information content (AvgIpc) is 2.84. The molecule has 0 spiro atoms. The average molecular weight is 574 g/mol. The molecule has 0 aliphatic rings. The van der Waals surface area contributed by atoms with Crippen molar-refractivity contribution in [3.8, 4) is 5.75 Å². The molecule has 0 unspecified atom stereocenters. The Hall–Kier alpha value is -2.87. The van der Waals surface area contributed by atoms with Crippen LogP contribution in [0.1, 0.15) is 23.9 Å². The number of anilines is 1.